The summed E-state index contributed by atoms with van der Waals surface area (Å²) in [6.07, 6.45) is 0.813. The van der Waals surface area contributed by atoms with Gasteiger partial charge < -0.3 is 14.8 Å². The number of halogens is 1. The van der Waals surface area contributed by atoms with Crippen LogP contribution in [-0.4, -0.2) is 51.1 Å². The summed E-state index contributed by atoms with van der Waals surface area (Å²) in [6.45, 7) is -0.260. The van der Waals surface area contributed by atoms with Crippen molar-refractivity contribution >= 4 is 33.3 Å². The first kappa shape index (κ1) is 18.0. The summed E-state index contributed by atoms with van der Waals surface area (Å²) < 4.78 is 33.3. The van der Waals surface area contributed by atoms with E-state index >= 15 is 0 Å². The third-order valence-corrected chi connectivity index (χ3v) is 6.21. The molecule has 2 heterocycles. The second-order valence-corrected chi connectivity index (χ2v) is 8.90. The lowest BCUT2D eigenvalue weighted by atomic mass is 9.97. The third-order valence-electron chi connectivity index (χ3n) is 4.21. The van der Waals surface area contributed by atoms with Crippen LogP contribution < -0.4 is 10.1 Å². The van der Waals surface area contributed by atoms with E-state index in [1.807, 2.05) is 0 Å². The van der Waals surface area contributed by atoms with Crippen LogP contribution in [0.25, 0.3) is 0 Å². The highest BCUT2D eigenvalue weighted by Gasteiger charge is 2.30. The second kappa shape index (κ2) is 7.21. The fraction of sp³-hybridized carbons (Fsp3) is 0.500. The minimum Gasteiger partial charge on any atom is -0.492 e. The summed E-state index contributed by atoms with van der Waals surface area (Å²) in [5.74, 6) is -0.852. The molecular weight excluding hydrogens is 370 g/mol. The number of fused-ring (bicyclic) bond motifs is 1. The molecule has 7 nitrogen and oxygen atoms in total. The topological polar surface area (TPSA) is 98.8 Å². The van der Waals surface area contributed by atoms with Crippen molar-refractivity contribution < 1.29 is 27.5 Å². The molecule has 1 fully saturated rings. The molecule has 0 saturated carbocycles. The van der Waals surface area contributed by atoms with Gasteiger partial charge in [0.05, 0.1) is 17.4 Å². The number of carbonyl (C=O) groups excluding carboxylic acids is 2. The van der Waals surface area contributed by atoms with E-state index in [1.54, 1.807) is 18.2 Å². The molecule has 25 heavy (non-hydrogen) atoms. The number of esters is 1. The normalized spacial score (nSPS) is 24.0. The van der Waals surface area contributed by atoms with E-state index in [9.17, 15) is 18.0 Å². The number of ether oxygens (including phenoxy) is 2. The van der Waals surface area contributed by atoms with Gasteiger partial charge in [-0.1, -0.05) is 11.6 Å². The molecule has 2 aliphatic heterocycles. The Bertz CT molecular complexity index is 794. The number of carbonyl (C=O) groups is 2. The SMILES string of the molecule is O=C(COC(=O)[C@H]1COc2ccc(Cl)cc2C1)N[C@H]1CCS(=O)(=O)C1. The van der Waals surface area contributed by atoms with E-state index in [0.29, 0.717) is 23.6 Å². The van der Waals surface area contributed by atoms with Gasteiger partial charge in [0.2, 0.25) is 0 Å². The predicted molar refractivity (Wildman–Crippen MR) is 90.3 cm³/mol. The molecule has 0 aliphatic carbocycles. The van der Waals surface area contributed by atoms with E-state index in [2.05, 4.69) is 5.32 Å². The highest BCUT2D eigenvalue weighted by atomic mass is 35.5. The summed E-state index contributed by atoms with van der Waals surface area (Å²) in [6, 6.07) is 4.79. The summed E-state index contributed by atoms with van der Waals surface area (Å²) in [5.41, 5.74) is 0.821. The maximum Gasteiger partial charge on any atom is 0.313 e. The molecule has 3 rings (SSSR count). The molecule has 0 bridgehead atoms. The Morgan fingerprint density at radius 2 is 2.16 bits per heavy atom. The zero-order valence-corrected chi connectivity index (χ0v) is 14.9. The standard InChI is InChI=1S/C16H18ClNO6S/c17-12-1-2-14-10(6-12)5-11(7-23-14)16(20)24-8-15(19)18-13-3-4-25(21,22)9-13/h1-2,6,11,13H,3-5,7-9H2,(H,18,19)/t11-,13+/m1/s1. The Balaban J connectivity index is 1.47. The van der Waals surface area contributed by atoms with Crippen molar-refractivity contribution in [3.05, 3.63) is 28.8 Å². The number of benzene rings is 1. The lowest BCUT2D eigenvalue weighted by molar-refractivity contribution is -0.154. The molecule has 0 radical (unpaired) electrons. The summed E-state index contributed by atoms with van der Waals surface area (Å²) >= 11 is 5.94. The number of nitrogens with one attached hydrogen (secondary N) is 1. The highest BCUT2D eigenvalue weighted by molar-refractivity contribution is 7.91. The molecule has 1 aromatic rings. The molecule has 136 valence electrons. The molecule has 0 unspecified atom stereocenters. The number of hydrogen-bond donors (Lipinski definition) is 1. The lowest BCUT2D eigenvalue weighted by Crippen LogP contribution is -2.39. The van der Waals surface area contributed by atoms with Gasteiger partial charge in [0, 0.05) is 11.1 Å². The van der Waals surface area contributed by atoms with Crippen molar-refractivity contribution in [3.63, 3.8) is 0 Å². The summed E-state index contributed by atoms with van der Waals surface area (Å²) in [4.78, 5) is 23.9. The minimum atomic E-state index is -3.07. The third kappa shape index (κ3) is 4.64. The van der Waals surface area contributed by atoms with E-state index in [-0.39, 0.29) is 18.1 Å². The van der Waals surface area contributed by atoms with E-state index in [0.717, 1.165) is 5.56 Å². The molecule has 2 atom stereocenters. The van der Waals surface area contributed by atoms with Crippen molar-refractivity contribution in [2.45, 2.75) is 18.9 Å². The van der Waals surface area contributed by atoms with Gasteiger partial charge in [-0.3, -0.25) is 9.59 Å². The highest BCUT2D eigenvalue weighted by Crippen LogP contribution is 2.30. The molecule has 1 saturated heterocycles. The van der Waals surface area contributed by atoms with Gasteiger partial charge in [-0.2, -0.15) is 0 Å². The van der Waals surface area contributed by atoms with Crippen LogP contribution >= 0.6 is 11.6 Å². The van der Waals surface area contributed by atoms with Crippen LogP contribution in [0.1, 0.15) is 12.0 Å². The van der Waals surface area contributed by atoms with Crippen LogP contribution in [0.3, 0.4) is 0 Å². The van der Waals surface area contributed by atoms with E-state index < -0.39 is 40.3 Å². The zero-order chi connectivity index (χ0) is 18.0. The lowest BCUT2D eigenvalue weighted by Gasteiger charge is -2.24. The van der Waals surface area contributed by atoms with Gasteiger partial charge in [-0.05, 0) is 36.6 Å². The largest absolute Gasteiger partial charge is 0.492 e. The first-order valence-corrected chi connectivity index (χ1v) is 10.1. The average Bonchev–Trinajstić information content (AvgIpc) is 2.90. The number of hydrogen-bond acceptors (Lipinski definition) is 6. The van der Waals surface area contributed by atoms with Crippen LogP contribution in [-0.2, 0) is 30.6 Å². The molecular formula is C16H18ClNO6S. The maximum atomic E-state index is 12.1. The predicted octanol–water partition coefficient (Wildman–Crippen LogP) is 0.738. The van der Waals surface area contributed by atoms with Crippen molar-refractivity contribution in [2.24, 2.45) is 5.92 Å². The van der Waals surface area contributed by atoms with Crippen molar-refractivity contribution in [1.82, 2.24) is 5.32 Å². The number of amides is 1. The van der Waals surface area contributed by atoms with Gasteiger partial charge in [0.1, 0.15) is 12.4 Å². The number of sulfone groups is 1. The minimum absolute atomic E-state index is 0.0686. The average molecular weight is 388 g/mol. The van der Waals surface area contributed by atoms with Gasteiger partial charge in [-0.25, -0.2) is 8.42 Å². The van der Waals surface area contributed by atoms with Gasteiger partial charge >= 0.3 is 5.97 Å². The summed E-state index contributed by atoms with van der Waals surface area (Å²) in [7, 11) is -3.07. The van der Waals surface area contributed by atoms with Gasteiger partial charge in [0.15, 0.2) is 16.4 Å². The zero-order valence-electron chi connectivity index (χ0n) is 13.4. The van der Waals surface area contributed by atoms with Crippen molar-refractivity contribution in [2.75, 3.05) is 24.7 Å². The van der Waals surface area contributed by atoms with Gasteiger partial charge in [-0.15, -0.1) is 0 Å². The van der Waals surface area contributed by atoms with Crippen LogP contribution in [0.5, 0.6) is 5.75 Å². The maximum absolute atomic E-state index is 12.1. The molecule has 1 amide bonds. The number of rotatable bonds is 4. The summed E-state index contributed by atoms with van der Waals surface area (Å²) in [5, 5.41) is 3.13. The van der Waals surface area contributed by atoms with Crippen LogP contribution in [0, 0.1) is 5.92 Å². The first-order valence-electron chi connectivity index (χ1n) is 7.90. The van der Waals surface area contributed by atoms with E-state index in [4.69, 9.17) is 21.1 Å². The van der Waals surface area contributed by atoms with Crippen LogP contribution in [0.15, 0.2) is 18.2 Å². The van der Waals surface area contributed by atoms with Gasteiger partial charge in [0.25, 0.3) is 5.91 Å². The molecule has 9 heteroatoms. The Kier molecular flexibility index (Phi) is 5.19. The quantitative estimate of drug-likeness (QED) is 0.765. The Labute approximate surface area is 150 Å². The smallest absolute Gasteiger partial charge is 0.313 e. The van der Waals surface area contributed by atoms with Crippen LogP contribution in [0.2, 0.25) is 5.02 Å². The molecule has 1 N–H and O–H groups in total. The Hall–Kier alpha value is -1.80. The molecule has 0 spiro atoms. The Morgan fingerprint density at radius 1 is 1.36 bits per heavy atom. The monoisotopic (exact) mass is 387 g/mol. The Morgan fingerprint density at radius 3 is 2.88 bits per heavy atom. The van der Waals surface area contributed by atoms with Crippen LogP contribution in [0.4, 0.5) is 0 Å². The molecule has 1 aromatic carbocycles. The van der Waals surface area contributed by atoms with Crippen molar-refractivity contribution in [3.8, 4) is 5.75 Å². The second-order valence-electron chi connectivity index (χ2n) is 6.24. The van der Waals surface area contributed by atoms with E-state index in [1.165, 1.54) is 0 Å². The molecule has 0 aromatic heterocycles. The fourth-order valence-electron chi connectivity index (χ4n) is 2.95. The molecule has 2 aliphatic rings. The van der Waals surface area contributed by atoms with Crippen molar-refractivity contribution in [1.29, 1.82) is 0 Å². The fourth-order valence-corrected chi connectivity index (χ4v) is 4.82. The first-order chi connectivity index (χ1) is 11.8.